The highest BCUT2D eigenvalue weighted by Gasteiger charge is 2.29. The molecule has 3 atom stereocenters. The van der Waals surface area contributed by atoms with E-state index in [1.165, 1.54) is 0 Å². The largest absolute Gasteiger partial charge is 0.458 e. The third-order valence-corrected chi connectivity index (χ3v) is 3.52. The molecule has 0 aromatic rings. The Bertz CT molecular complexity index is 441. The molecule has 0 aliphatic heterocycles. The predicted molar refractivity (Wildman–Crippen MR) is 94.3 cm³/mol. The summed E-state index contributed by atoms with van der Waals surface area (Å²) in [6.07, 6.45) is 1.10. The molecule has 0 aliphatic carbocycles. The molecule has 0 radical (unpaired) electrons. The molecule has 0 rings (SSSR count). The highest BCUT2D eigenvalue weighted by Crippen LogP contribution is 2.11. The standard InChI is InChI=1S/C18H34N2O4/c1-9-12(4)15(20-14(21)10-11(2)3)16(22)19-13(5)17(23)24-18(6,7)8/h11-13,15H,9-10H2,1-8H3,(H,19,22)(H,20,21)/t12-,13-,15-/m0/s1. The van der Waals surface area contributed by atoms with E-state index in [1.807, 2.05) is 27.7 Å². The van der Waals surface area contributed by atoms with Crippen LogP contribution in [0.15, 0.2) is 0 Å². The highest BCUT2D eigenvalue weighted by atomic mass is 16.6. The van der Waals surface area contributed by atoms with Crippen molar-refractivity contribution in [1.29, 1.82) is 0 Å². The molecule has 0 saturated carbocycles. The number of nitrogens with one attached hydrogen (secondary N) is 2. The number of esters is 1. The number of carbonyl (C=O) groups is 3. The van der Waals surface area contributed by atoms with Gasteiger partial charge in [-0.05, 0) is 39.5 Å². The van der Waals surface area contributed by atoms with Crippen LogP contribution in [0.1, 0.15) is 68.2 Å². The van der Waals surface area contributed by atoms with E-state index in [0.717, 1.165) is 6.42 Å². The number of carbonyl (C=O) groups excluding carboxylic acids is 3. The van der Waals surface area contributed by atoms with E-state index in [4.69, 9.17) is 4.74 Å². The van der Waals surface area contributed by atoms with Gasteiger partial charge in [-0.2, -0.15) is 0 Å². The van der Waals surface area contributed by atoms with Crippen LogP contribution < -0.4 is 10.6 Å². The topological polar surface area (TPSA) is 84.5 Å². The Kier molecular flexibility index (Phi) is 9.01. The lowest BCUT2D eigenvalue weighted by atomic mass is 9.97. The summed E-state index contributed by atoms with van der Waals surface area (Å²) >= 11 is 0. The van der Waals surface area contributed by atoms with Crippen LogP contribution in [0.25, 0.3) is 0 Å². The van der Waals surface area contributed by atoms with Crippen LogP contribution in [0.3, 0.4) is 0 Å². The van der Waals surface area contributed by atoms with E-state index < -0.39 is 23.7 Å². The predicted octanol–water partition coefficient (Wildman–Crippen LogP) is 2.41. The van der Waals surface area contributed by atoms with Gasteiger partial charge >= 0.3 is 5.97 Å². The second-order valence-corrected chi connectivity index (χ2v) is 7.79. The van der Waals surface area contributed by atoms with Crippen LogP contribution in [-0.4, -0.2) is 35.5 Å². The minimum absolute atomic E-state index is 0.0352. The summed E-state index contributed by atoms with van der Waals surface area (Å²) in [5.74, 6) is -0.833. The number of rotatable bonds is 8. The van der Waals surface area contributed by atoms with Crippen molar-refractivity contribution in [2.24, 2.45) is 11.8 Å². The summed E-state index contributed by atoms with van der Waals surface area (Å²) in [4.78, 5) is 36.5. The van der Waals surface area contributed by atoms with Gasteiger partial charge in [-0.3, -0.25) is 9.59 Å². The molecule has 0 heterocycles. The smallest absolute Gasteiger partial charge is 0.328 e. The lowest BCUT2D eigenvalue weighted by Gasteiger charge is -2.27. The summed E-state index contributed by atoms with van der Waals surface area (Å²) in [6, 6.07) is -1.43. The minimum atomic E-state index is -0.773. The van der Waals surface area contributed by atoms with Gasteiger partial charge in [-0.15, -0.1) is 0 Å². The van der Waals surface area contributed by atoms with Crippen LogP contribution in [-0.2, 0) is 19.1 Å². The van der Waals surface area contributed by atoms with Gasteiger partial charge in [0.25, 0.3) is 0 Å². The lowest BCUT2D eigenvalue weighted by molar-refractivity contribution is -0.158. The molecule has 0 bridgehead atoms. The summed E-state index contributed by atoms with van der Waals surface area (Å²) in [6.45, 7) is 14.6. The van der Waals surface area contributed by atoms with Gasteiger partial charge in [-0.1, -0.05) is 34.1 Å². The normalized spacial score (nSPS) is 15.4. The quantitative estimate of drug-likeness (QED) is 0.664. The fourth-order valence-corrected chi connectivity index (χ4v) is 2.06. The van der Waals surface area contributed by atoms with E-state index in [-0.39, 0.29) is 23.7 Å². The average Bonchev–Trinajstić information content (AvgIpc) is 2.40. The first-order chi connectivity index (χ1) is 10.9. The van der Waals surface area contributed by atoms with E-state index in [1.54, 1.807) is 27.7 Å². The monoisotopic (exact) mass is 342 g/mol. The van der Waals surface area contributed by atoms with Gasteiger partial charge in [0, 0.05) is 6.42 Å². The highest BCUT2D eigenvalue weighted by molar-refractivity contribution is 5.90. The van der Waals surface area contributed by atoms with Crippen molar-refractivity contribution in [3.05, 3.63) is 0 Å². The van der Waals surface area contributed by atoms with Gasteiger partial charge in [0.15, 0.2) is 0 Å². The Morgan fingerprint density at radius 1 is 1.00 bits per heavy atom. The first-order valence-electron chi connectivity index (χ1n) is 8.70. The summed E-state index contributed by atoms with van der Waals surface area (Å²) in [5, 5.41) is 5.44. The zero-order chi connectivity index (χ0) is 19.1. The number of hydrogen-bond acceptors (Lipinski definition) is 4. The second kappa shape index (κ2) is 9.64. The van der Waals surface area contributed by atoms with Gasteiger partial charge in [-0.25, -0.2) is 4.79 Å². The first-order valence-corrected chi connectivity index (χ1v) is 8.70. The van der Waals surface area contributed by atoms with Gasteiger partial charge < -0.3 is 15.4 Å². The molecule has 2 amide bonds. The Hall–Kier alpha value is -1.59. The van der Waals surface area contributed by atoms with Crippen LogP contribution in [0.2, 0.25) is 0 Å². The van der Waals surface area contributed by atoms with Gasteiger partial charge in [0.05, 0.1) is 0 Å². The van der Waals surface area contributed by atoms with Crippen molar-refractivity contribution in [2.45, 2.75) is 85.9 Å². The molecule has 140 valence electrons. The lowest BCUT2D eigenvalue weighted by Crippen LogP contribution is -2.54. The molecule has 0 spiro atoms. The zero-order valence-electron chi connectivity index (χ0n) is 16.4. The average molecular weight is 342 g/mol. The molecule has 24 heavy (non-hydrogen) atoms. The molecule has 2 N–H and O–H groups in total. The third-order valence-electron chi connectivity index (χ3n) is 3.52. The molecule has 6 nitrogen and oxygen atoms in total. The van der Waals surface area contributed by atoms with Crippen LogP contribution in [0.4, 0.5) is 0 Å². The summed E-state index contributed by atoms with van der Waals surface area (Å²) in [5.41, 5.74) is -0.613. The molecule has 0 saturated heterocycles. The molecule has 0 aliphatic rings. The van der Waals surface area contributed by atoms with Crippen molar-refractivity contribution < 1.29 is 19.1 Å². The Labute approximate surface area is 146 Å². The molecule has 0 fully saturated rings. The summed E-state index contributed by atoms with van der Waals surface area (Å²) in [7, 11) is 0. The molecular weight excluding hydrogens is 308 g/mol. The number of ether oxygens (including phenoxy) is 1. The van der Waals surface area contributed by atoms with E-state index in [0.29, 0.717) is 6.42 Å². The van der Waals surface area contributed by atoms with Gasteiger partial charge in [0.1, 0.15) is 17.7 Å². The van der Waals surface area contributed by atoms with Crippen molar-refractivity contribution in [3.8, 4) is 0 Å². The van der Waals surface area contributed by atoms with Gasteiger partial charge in [0.2, 0.25) is 11.8 Å². The summed E-state index contributed by atoms with van der Waals surface area (Å²) < 4.78 is 5.26. The minimum Gasteiger partial charge on any atom is -0.458 e. The maximum atomic E-state index is 12.5. The Morgan fingerprint density at radius 2 is 1.54 bits per heavy atom. The fourth-order valence-electron chi connectivity index (χ4n) is 2.06. The SMILES string of the molecule is CC[C@H](C)[C@H](NC(=O)CC(C)C)C(=O)N[C@@H](C)C(=O)OC(C)(C)C. The number of hydrogen-bond donors (Lipinski definition) is 2. The van der Waals surface area contributed by atoms with Crippen molar-refractivity contribution in [2.75, 3.05) is 0 Å². The fraction of sp³-hybridized carbons (Fsp3) is 0.833. The van der Waals surface area contributed by atoms with Crippen LogP contribution in [0.5, 0.6) is 0 Å². The van der Waals surface area contributed by atoms with Crippen molar-refractivity contribution in [3.63, 3.8) is 0 Å². The van der Waals surface area contributed by atoms with Crippen LogP contribution in [0, 0.1) is 11.8 Å². The zero-order valence-corrected chi connectivity index (χ0v) is 16.4. The Balaban J connectivity index is 4.88. The van der Waals surface area contributed by atoms with E-state index >= 15 is 0 Å². The van der Waals surface area contributed by atoms with E-state index in [2.05, 4.69) is 10.6 Å². The molecule has 6 heteroatoms. The molecule has 0 unspecified atom stereocenters. The van der Waals surface area contributed by atoms with Crippen LogP contribution >= 0.6 is 0 Å². The molecular formula is C18H34N2O4. The van der Waals surface area contributed by atoms with Crippen molar-refractivity contribution >= 4 is 17.8 Å². The maximum Gasteiger partial charge on any atom is 0.328 e. The Morgan fingerprint density at radius 3 is 1.96 bits per heavy atom. The van der Waals surface area contributed by atoms with E-state index in [9.17, 15) is 14.4 Å². The van der Waals surface area contributed by atoms with Crippen molar-refractivity contribution in [1.82, 2.24) is 10.6 Å². The first kappa shape index (κ1) is 22.4. The maximum absolute atomic E-state index is 12.5. The third kappa shape index (κ3) is 8.89. The molecule has 0 aromatic heterocycles. The molecule has 0 aromatic carbocycles. The number of amides is 2. The second-order valence-electron chi connectivity index (χ2n) is 7.79.